The number of fused-ring (bicyclic) bond motifs is 2. The van der Waals surface area contributed by atoms with E-state index in [1.54, 1.807) is 27.8 Å². The van der Waals surface area contributed by atoms with E-state index in [9.17, 15) is 14.7 Å². The van der Waals surface area contributed by atoms with Crippen LogP contribution < -0.4 is 24.6 Å². The van der Waals surface area contributed by atoms with E-state index >= 15 is 4.79 Å². The molecule has 5 heterocycles. The maximum atomic E-state index is 16.1. The van der Waals surface area contributed by atoms with Gasteiger partial charge in [-0.2, -0.15) is 0 Å². The number of anilines is 5. The number of hydrogen-bond acceptors (Lipinski definition) is 8. The Morgan fingerprint density at radius 2 is 1.31 bits per heavy atom. The zero-order chi connectivity index (χ0) is 50.6. The van der Waals surface area contributed by atoms with Crippen molar-refractivity contribution in [2.75, 3.05) is 21.8 Å². The van der Waals surface area contributed by atoms with E-state index in [1.807, 2.05) is 163 Å². The van der Waals surface area contributed by atoms with Crippen molar-refractivity contribution in [3.05, 3.63) is 210 Å². The molecule has 13 rings (SSSR count). The van der Waals surface area contributed by atoms with E-state index < -0.39 is 25.9 Å². The van der Waals surface area contributed by atoms with Crippen molar-refractivity contribution in [1.29, 1.82) is 0 Å². The van der Waals surface area contributed by atoms with Crippen LogP contribution >= 0.6 is 0 Å². The second kappa shape index (κ2) is 17.2. The number of benzene rings is 8. The van der Waals surface area contributed by atoms with Gasteiger partial charge in [0.05, 0.1) is 62.2 Å². The number of hydrogen-bond donors (Lipinski definition) is 1. The monoisotopic (exact) mass is 992 g/mol. The summed E-state index contributed by atoms with van der Waals surface area (Å²) in [6.45, 7) is 7.54. The molecule has 12 nitrogen and oxygen atoms in total. The van der Waals surface area contributed by atoms with Gasteiger partial charge in [0.15, 0.2) is 5.60 Å². The average molecular weight is 993 g/mol. The lowest BCUT2D eigenvalue weighted by Crippen LogP contribution is -2.51. The van der Waals surface area contributed by atoms with E-state index in [2.05, 4.69) is 42.5 Å². The lowest BCUT2D eigenvalue weighted by atomic mass is 9.82. The number of carbonyl (C=O) groups is 3. The van der Waals surface area contributed by atoms with Crippen LogP contribution in [0.2, 0.25) is 18.6 Å². The van der Waals surface area contributed by atoms with E-state index in [1.165, 1.54) is 5.19 Å². The van der Waals surface area contributed by atoms with Gasteiger partial charge < -0.3 is 19.5 Å². The van der Waals surface area contributed by atoms with Crippen molar-refractivity contribution in [1.82, 2.24) is 15.0 Å². The molecular weight excluding hydrogens is 941 g/mol. The minimum Gasteiger partial charge on any atom is -0.497 e. The summed E-state index contributed by atoms with van der Waals surface area (Å²) >= 11 is 0. The van der Waals surface area contributed by atoms with Crippen LogP contribution in [0.5, 0.6) is 5.75 Å². The molecule has 0 aliphatic carbocycles. The van der Waals surface area contributed by atoms with Crippen LogP contribution in [-0.2, 0) is 28.2 Å². The van der Waals surface area contributed by atoms with E-state index in [4.69, 9.17) is 9.47 Å². The van der Waals surface area contributed by atoms with Gasteiger partial charge in [-0.1, -0.05) is 134 Å². The third-order valence-electron chi connectivity index (χ3n) is 16.3. The van der Waals surface area contributed by atoms with Gasteiger partial charge >= 0.3 is 0 Å². The van der Waals surface area contributed by atoms with Crippen LogP contribution in [0.1, 0.15) is 62.5 Å². The molecule has 4 aliphatic rings. The molecule has 9 aromatic rings. The van der Waals surface area contributed by atoms with Gasteiger partial charge in [0.1, 0.15) is 17.5 Å². The Bertz CT molecular complexity index is 3740. The fourth-order valence-electron chi connectivity index (χ4n) is 12.8. The maximum absolute atomic E-state index is 16.1. The third kappa shape index (κ3) is 6.83. The van der Waals surface area contributed by atoms with Crippen molar-refractivity contribution in [3.8, 4) is 5.75 Å². The molecule has 3 amide bonds. The normalized spacial score (nSPS) is 20.2. The molecule has 0 unspecified atom stereocenters. The summed E-state index contributed by atoms with van der Waals surface area (Å²) < 4.78 is 15.0. The molecule has 4 aliphatic heterocycles. The van der Waals surface area contributed by atoms with Crippen LogP contribution in [0.25, 0.3) is 21.5 Å². The number of carbonyl (C=O) groups excluding carboxylic acids is 3. The molecule has 0 bridgehead atoms. The van der Waals surface area contributed by atoms with Gasteiger partial charge in [0, 0.05) is 40.2 Å². The molecule has 1 aromatic heterocycles. The summed E-state index contributed by atoms with van der Waals surface area (Å²) in [5.74, 6) is 0.0564. The topological polar surface area (TPSA) is 130 Å². The standard InChI is InChI=1S/C61H52N6O6Si/c1-37-57(74(3,4)45-29-27-44(72-2)28-30-45)53(32-33-64-36-49(62-63-64)56(68)41-12-6-5-7-13-41)73-61(37)48-34-43(67-52-21-11-17-40-15-9-19-47(55(40)52)59(67)70)26-31-50(48)65(60(61)71)35-38-22-24-42(25-23-38)66-51-20-10-16-39-14-8-18-46(54(39)51)58(66)69/h5-31,34,36-37,53,56-57,68H,32-33,35H2,1-4H3/t37-,53+,56-,57-,61+/m1/s1. The van der Waals surface area contributed by atoms with Crippen molar-refractivity contribution >= 4 is 81.0 Å². The van der Waals surface area contributed by atoms with Crippen LogP contribution in [0.3, 0.4) is 0 Å². The number of aryl methyl sites for hydroxylation is 1. The van der Waals surface area contributed by atoms with Crippen molar-refractivity contribution in [2.24, 2.45) is 5.92 Å². The van der Waals surface area contributed by atoms with Gasteiger partial charge in [0.2, 0.25) is 0 Å². The predicted octanol–water partition coefficient (Wildman–Crippen LogP) is 11.1. The van der Waals surface area contributed by atoms with Gasteiger partial charge in [-0.25, -0.2) is 0 Å². The first kappa shape index (κ1) is 45.6. The Labute approximate surface area is 429 Å². The largest absolute Gasteiger partial charge is 0.497 e. The van der Waals surface area contributed by atoms with Crippen molar-refractivity contribution in [2.45, 2.75) is 62.9 Å². The highest BCUT2D eigenvalue weighted by Crippen LogP contribution is 2.61. The van der Waals surface area contributed by atoms with Crippen LogP contribution in [-0.4, -0.2) is 59.1 Å². The number of aromatic nitrogens is 3. The highest BCUT2D eigenvalue weighted by atomic mass is 28.3. The summed E-state index contributed by atoms with van der Waals surface area (Å²) in [6.07, 6.45) is 0.933. The summed E-state index contributed by atoms with van der Waals surface area (Å²) in [4.78, 5) is 49.9. The Morgan fingerprint density at radius 3 is 1.95 bits per heavy atom. The SMILES string of the molecule is COc1ccc([Si](C)(C)[C@H]2[C@H](CCn3cc([C@H](O)c4ccccc4)nn3)O[C@@]3(C(=O)N(Cc4ccc(N5C(=O)c6cccc7cccc5c67)cc4)c4ccc(N5C(=O)c6cccc7cccc5c67)cc43)[C@@H]2C)cc1. The molecule has 1 N–H and O–H groups in total. The molecule has 1 spiro atoms. The van der Waals surface area contributed by atoms with E-state index in [-0.39, 0.29) is 35.7 Å². The zero-order valence-corrected chi connectivity index (χ0v) is 42.3. The number of nitrogens with zero attached hydrogens (tertiary/aromatic N) is 6. The summed E-state index contributed by atoms with van der Waals surface area (Å²) in [5, 5.41) is 25.1. The maximum Gasteiger partial charge on any atom is 0.264 e. The first-order valence-corrected chi connectivity index (χ1v) is 28.3. The number of methoxy groups -OCH3 is 1. The molecule has 1 fully saturated rings. The zero-order valence-electron chi connectivity index (χ0n) is 41.3. The number of amides is 3. The molecular formula is C61H52N6O6Si. The van der Waals surface area contributed by atoms with Gasteiger partial charge in [-0.15, -0.1) is 5.10 Å². The molecule has 13 heteroatoms. The van der Waals surface area contributed by atoms with Crippen LogP contribution in [0, 0.1) is 5.92 Å². The molecule has 74 heavy (non-hydrogen) atoms. The van der Waals surface area contributed by atoms with Gasteiger partial charge in [-0.3, -0.25) is 28.9 Å². The van der Waals surface area contributed by atoms with Gasteiger partial charge in [0.25, 0.3) is 17.7 Å². The highest BCUT2D eigenvalue weighted by Gasteiger charge is 2.66. The quantitative estimate of drug-likeness (QED) is 0.120. The Balaban J connectivity index is 0.898. The number of ether oxygens (including phenoxy) is 2. The fraction of sp³-hybridized carbons (Fsp3) is 0.197. The third-order valence-corrected chi connectivity index (χ3v) is 20.7. The Kier molecular flexibility index (Phi) is 10.6. The second-order valence-electron chi connectivity index (χ2n) is 20.6. The lowest BCUT2D eigenvalue weighted by molar-refractivity contribution is -0.146. The van der Waals surface area contributed by atoms with E-state index in [0.29, 0.717) is 41.2 Å². The summed E-state index contributed by atoms with van der Waals surface area (Å²) in [6, 6.07) is 55.1. The van der Waals surface area contributed by atoms with Crippen LogP contribution in [0.15, 0.2) is 176 Å². The molecule has 1 saturated heterocycles. The lowest BCUT2D eigenvalue weighted by Gasteiger charge is -2.37. The van der Waals surface area contributed by atoms with Crippen molar-refractivity contribution in [3.63, 3.8) is 0 Å². The molecule has 366 valence electrons. The average Bonchev–Trinajstić information content (AvgIpc) is 4.24. The van der Waals surface area contributed by atoms with Gasteiger partial charge in [-0.05, 0) is 101 Å². The predicted molar refractivity (Wildman–Crippen MR) is 290 cm³/mol. The molecule has 5 atom stereocenters. The highest BCUT2D eigenvalue weighted by molar-refractivity contribution is 6.91. The first-order valence-electron chi connectivity index (χ1n) is 25.2. The first-order chi connectivity index (χ1) is 36.0. The summed E-state index contributed by atoms with van der Waals surface area (Å²) in [5.41, 5.74) is 6.28. The molecule has 8 aromatic carbocycles. The number of rotatable bonds is 12. The number of aliphatic hydroxyl groups is 1. The van der Waals surface area contributed by atoms with Crippen molar-refractivity contribution < 1.29 is 29.0 Å². The molecule has 0 radical (unpaired) electrons. The van der Waals surface area contributed by atoms with Crippen LogP contribution in [0.4, 0.5) is 28.4 Å². The second-order valence-corrected chi connectivity index (χ2v) is 25.3. The Hall–Kier alpha value is -8.23. The summed E-state index contributed by atoms with van der Waals surface area (Å²) in [7, 11) is -0.902. The molecule has 0 saturated carbocycles. The van der Waals surface area contributed by atoms with E-state index in [0.717, 1.165) is 61.0 Å². The Morgan fingerprint density at radius 1 is 0.703 bits per heavy atom. The minimum atomic E-state index is -2.57. The number of aliphatic hydroxyl groups excluding tert-OH is 1. The fourth-order valence-corrected chi connectivity index (χ4v) is 16.8. The smallest absolute Gasteiger partial charge is 0.264 e. The minimum absolute atomic E-state index is 0.0756.